The summed E-state index contributed by atoms with van der Waals surface area (Å²) in [6.45, 7) is -11.8. The van der Waals surface area contributed by atoms with Crippen LogP contribution in [0.5, 0.6) is 0 Å². The van der Waals surface area contributed by atoms with Crippen LogP contribution >= 0.6 is 11.6 Å². The van der Waals surface area contributed by atoms with Crippen molar-refractivity contribution in [1.82, 2.24) is 14.5 Å². The molecule has 1 saturated heterocycles. The topological polar surface area (TPSA) is 21.1 Å². The maximum Gasteiger partial charge on any atom is 0.124 e. The average Bonchev–Trinajstić information content (AvgIpc) is 3.28. The first-order chi connectivity index (χ1) is 18.4. The molecule has 0 saturated carbocycles. The van der Waals surface area contributed by atoms with E-state index in [9.17, 15) is 0 Å². The molecule has 0 N–H and O–H groups in total. The van der Waals surface area contributed by atoms with E-state index in [-0.39, 0.29) is 4.90 Å². The van der Waals surface area contributed by atoms with Crippen LogP contribution in [-0.2, 0) is 13.0 Å². The number of fused-ring (bicyclic) bond motifs is 1. The summed E-state index contributed by atoms with van der Waals surface area (Å²) in [6, 6.07) is -5.86. The van der Waals surface area contributed by atoms with Crippen molar-refractivity contribution >= 4 is 22.6 Å². The Balaban J connectivity index is 2.14. The molecular formula is C19H20ClN3. The Hall–Kier alpha value is -1.84. The van der Waals surface area contributed by atoms with Gasteiger partial charge >= 0.3 is 0 Å². The number of imidazole rings is 1. The molecule has 4 rings (SSSR count). The Bertz CT molecular complexity index is 1560. The van der Waals surface area contributed by atoms with Crippen LogP contribution in [0.1, 0.15) is 48.8 Å². The molecule has 0 amide bonds. The van der Waals surface area contributed by atoms with Crippen LogP contribution < -0.4 is 0 Å². The standard InChI is InChI=1S/C19H20ClN3/c20-16-9-7-15(8-10-16)13-23-18-6-2-1-5-17(18)21-19(23)14-22-11-3-4-12-22/h1-2,5-10H,3-4,11-14H2/i1D,2D,3D2,4D2,5D,6D,7D,8D,9D,10D,11D2,12D2,14D2. The summed E-state index contributed by atoms with van der Waals surface area (Å²) in [5, 5.41) is -0.528. The Morgan fingerprint density at radius 2 is 1.87 bits per heavy atom. The number of likely N-dealkylation sites (tertiary alicyclic amines) is 1. The minimum Gasteiger partial charge on any atom is -0.322 e. The monoisotopic (exact) mass is 343 g/mol. The number of para-hydroxylation sites is 2. The van der Waals surface area contributed by atoms with Crippen LogP contribution in [0.3, 0.4) is 0 Å². The molecule has 1 fully saturated rings. The molecule has 0 spiro atoms. The van der Waals surface area contributed by atoms with Crippen molar-refractivity contribution in [3.63, 3.8) is 0 Å². The third-order valence-corrected chi connectivity index (χ3v) is 3.15. The highest BCUT2D eigenvalue weighted by atomic mass is 35.5. The molecule has 23 heavy (non-hydrogen) atoms. The summed E-state index contributed by atoms with van der Waals surface area (Å²) >= 11 is 5.87. The summed E-state index contributed by atoms with van der Waals surface area (Å²) in [7, 11) is 0. The minimum absolute atomic E-state index is 0.335. The summed E-state index contributed by atoms with van der Waals surface area (Å²) in [5.41, 5.74) is -1.54. The molecule has 1 aliphatic heterocycles. The molecule has 118 valence electrons. The lowest BCUT2D eigenvalue weighted by atomic mass is 10.2. The maximum atomic E-state index is 8.83. The van der Waals surface area contributed by atoms with Gasteiger partial charge in [-0.05, 0) is 55.5 Å². The van der Waals surface area contributed by atoms with Crippen molar-refractivity contribution < 1.29 is 24.7 Å². The van der Waals surface area contributed by atoms with E-state index in [2.05, 4.69) is 4.98 Å². The van der Waals surface area contributed by atoms with Crippen molar-refractivity contribution in [2.24, 2.45) is 0 Å². The molecule has 1 aromatic heterocycles. The first-order valence-electron chi connectivity index (χ1n) is 15.4. The second-order valence-electron chi connectivity index (χ2n) is 4.43. The summed E-state index contributed by atoms with van der Waals surface area (Å²) < 4.78 is 149. The number of halogens is 1. The van der Waals surface area contributed by atoms with Crippen LogP contribution in [0.15, 0.2) is 48.3 Å². The number of nitrogens with zero attached hydrogens (tertiary/aromatic N) is 3. The first-order valence-corrected chi connectivity index (χ1v) is 6.80. The normalized spacial score (nSPS) is 36.2. The summed E-state index contributed by atoms with van der Waals surface area (Å²) in [5.74, 6) is -1.03. The largest absolute Gasteiger partial charge is 0.322 e. The zero-order chi connectivity index (χ0) is 31.6. The zero-order valence-corrected chi connectivity index (χ0v) is 12.2. The molecule has 0 bridgehead atoms. The zero-order valence-electron chi connectivity index (χ0n) is 29.4. The highest BCUT2D eigenvalue weighted by Gasteiger charge is 2.17. The summed E-state index contributed by atoms with van der Waals surface area (Å²) in [4.78, 5) is 3.62. The molecule has 2 aromatic carbocycles. The Morgan fingerprint density at radius 1 is 1.13 bits per heavy atom. The molecular weight excluding hydrogens is 306 g/mol. The molecule has 2 heterocycles. The lowest BCUT2D eigenvalue weighted by Gasteiger charge is -2.16. The molecule has 0 radical (unpaired) electrons. The first kappa shape index (κ1) is 4.84. The van der Waals surface area contributed by atoms with E-state index < -0.39 is 115 Å². The lowest BCUT2D eigenvalue weighted by molar-refractivity contribution is 0.318. The van der Waals surface area contributed by atoms with Gasteiger partial charge in [0.1, 0.15) is 5.82 Å². The molecule has 4 heteroatoms. The van der Waals surface area contributed by atoms with Crippen LogP contribution in [0.25, 0.3) is 11.0 Å². The number of aromatic nitrogens is 2. The van der Waals surface area contributed by atoms with Gasteiger partial charge in [-0.15, -0.1) is 0 Å². The minimum atomic E-state index is -3.68. The number of hydrogen-bond acceptors (Lipinski definition) is 2. The van der Waals surface area contributed by atoms with E-state index in [1.54, 1.807) is 0 Å². The predicted molar refractivity (Wildman–Crippen MR) is 94.8 cm³/mol. The van der Waals surface area contributed by atoms with Crippen LogP contribution in [0.2, 0.25) is 5.02 Å². The fraction of sp³-hybridized carbons (Fsp3) is 0.316. The van der Waals surface area contributed by atoms with Crippen LogP contribution in [0.4, 0.5) is 0 Å². The van der Waals surface area contributed by atoms with E-state index in [0.29, 0.717) is 4.57 Å². The summed E-state index contributed by atoms with van der Waals surface area (Å²) in [6.07, 6.45) is -7.26. The molecule has 0 aliphatic carbocycles. The van der Waals surface area contributed by atoms with Crippen LogP contribution in [0, 0.1) is 0 Å². The fourth-order valence-electron chi connectivity index (χ4n) is 2.00. The van der Waals surface area contributed by atoms with Gasteiger partial charge in [-0.1, -0.05) is 35.8 Å². The molecule has 3 aromatic rings. The van der Waals surface area contributed by atoms with Crippen molar-refractivity contribution in [2.75, 3.05) is 13.0 Å². The van der Waals surface area contributed by atoms with E-state index >= 15 is 0 Å². The quantitative estimate of drug-likeness (QED) is 0.702. The van der Waals surface area contributed by atoms with Gasteiger partial charge in [-0.25, -0.2) is 4.98 Å². The molecule has 0 unspecified atom stereocenters. The molecule has 0 atom stereocenters. The highest BCUT2D eigenvalue weighted by Crippen LogP contribution is 2.21. The number of rotatable bonds is 4. The van der Waals surface area contributed by atoms with Gasteiger partial charge in [0.05, 0.1) is 31.2 Å². The van der Waals surface area contributed by atoms with E-state index in [1.165, 1.54) is 0 Å². The van der Waals surface area contributed by atoms with E-state index in [0.717, 1.165) is 0 Å². The van der Waals surface area contributed by atoms with Crippen molar-refractivity contribution in [1.29, 1.82) is 0 Å². The molecule has 3 nitrogen and oxygen atoms in total. The Labute approximate surface area is 166 Å². The fourth-order valence-corrected chi connectivity index (χ4v) is 2.09. The third-order valence-electron chi connectivity index (χ3n) is 2.96. The van der Waals surface area contributed by atoms with Crippen LogP contribution in [-0.4, -0.2) is 27.4 Å². The van der Waals surface area contributed by atoms with Gasteiger partial charge in [-0.3, -0.25) is 4.90 Å². The highest BCUT2D eigenvalue weighted by molar-refractivity contribution is 6.30. The lowest BCUT2D eigenvalue weighted by Crippen LogP contribution is -2.21. The second kappa shape index (κ2) is 6.34. The van der Waals surface area contributed by atoms with E-state index in [4.69, 9.17) is 36.3 Å². The smallest absolute Gasteiger partial charge is 0.124 e. The SMILES string of the molecule is [2H]c1c([2H])c(Cn2c(C([2H])([2H])N3C([2H])([2H])C([2H])([2H])C([2H])([2H])C3([2H])[2H])nc3c([2H])c([2H])c([2H])c([2H])c32)c([2H])c([2H])c1Cl. The van der Waals surface area contributed by atoms with Crippen molar-refractivity contribution in [2.45, 2.75) is 25.8 Å². The maximum absolute atomic E-state index is 8.83. The van der Waals surface area contributed by atoms with Gasteiger partial charge < -0.3 is 4.57 Å². The van der Waals surface area contributed by atoms with E-state index in [1.807, 2.05) is 0 Å². The van der Waals surface area contributed by atoms with Gasteiger partial charge in [0, 0.05) is 22.5 Å². The van der Waals surface area contributed by atoms with Gasteiger partial charge in [0.15, 0.2) is 0 Å². The molecule has 1 aliphatic rings. The van der Waals surface area contributed by atoms with Crippen molar-refractivity contribution in [3.8, 4) is 0 Å². The van der Waals surface area contributed by atoms with Gasteiger partial charge in [-0.2, -0.15) is 0 Å². The second-order valence-corrected chi connectivity index (χ2v) is 4.81. The third kappa shape index (κ3) is 3.12. The number of benzene rings is 2. The Morgan fingerprint density at radius 3 is 2.65 bits per heavy atom. The van der Waals surface area contributed by atoms with Gasteiger partial charge in [0.25, 0.3) is 0 Å². The number of hydrogen-bond donors (Lipinski definition) is 0. The predicted octanol–water partition coefficient (Wildman–Crippen LogP) is 4.33. The Kier molecular flexibility index (Phi) is 1.33. The van der Waals surface area contributed by atoms with Gasteiger partial charge in [0.2, 0.25) is 0 Å². The average molecular weight is 344 g/mol. The van der Waals surface area contributed by atoms with Crippen molar-refractivity contribution in [3.05, 3.63) is 64.7 Å².